The van der Waals surface area contributed by atoms with Gasteiger partial charge < -0.3 is 4.52 Å². The van der Waals surface area contributed by atoms with Gasteiger partial charge in [0.25, 0.3) is 0 Å². The summed E-state index contributed by atoms with van der Waals surface area (Å²) in [6.07, 6.45) is 2.30. The Kier molecular flexibility index (Phi) is 4.32. The van der Waals surface area contributed by atoms with Gasteiger partial charge in [0.2, 0.25) is 5.89 Å². The number of thiazole rings is 1. The van der Waals surface area contributed by atoms with E-state index in [1.807, 2.05) is 6.92 Å². The molecular formula is C16H24N4OS. The normalized spacial score (nSPS) is 20.5. The molecule has 0 N–H and O–H groups in total. The second kappa shape index (κ2) is 6.08. The summed E-state index contributed by atoms with van der Waals surface area (Å²) < 4.78 is 5.35. The summed E-state index contributed by atoms with van der Waals surface area (Å²) in [5, 5.41) is 7.32. The lowest BCUT2D eigenvalue weighted by atomic mass is 9.97. The predicted octanol–water partition coefficient (Wildman–Crippen LogP) is 3.51. The van der Waals surface area contributed by atoms with E-state index in [0.29, 0.717) is 5.92 Å². The van der Waals surface area contributed by atoms with Crippen molar-refractivity contribution in [3.8, 4) is 0 Å². The second-order valence-corrected chi connectivity index (χ2v) is 8.01. The van der Waals surface area contributed by atoms with Crippen molar-refractivity contribution in [1.29, 1.82) is 0 Å². The molecule has 0 aliphatic carbocycles. The molecule has 5 nitrogen and oxygen atoms in total. The first-order valence-corrected chi connectivity index (χ1v) is 8.77. The largest absolute Gasteiger partial charge is 0.339 e. The van der Waals surface area contributed by atoms with Crippen molar-refractivity contribution in [2.45, 2.75) is 58.4 Å². The quantitative estimate of drug-likeness (QED) is 0.866. The van der Waals surface area contributed by atoms with Crippen LogP contribution < -0.4 is 0 Å². The summed E-state index contributed by atoms with van der Waals surface area (Å²) in [5.41, 5.74) is 1.31. The number of piperidine rings is 1. The molecule has 0 bridgehead atoms. The van der Waals surface area contributed by atoms with Crippen molar-refractivity contribution < 1.29 is 4.52 Å². The Bertz CT molecular complexity index is 628. The first kappa shape index (κ1) is 15.6. The van der Waals surface area contributed by atoms with Crippen LogP contribution >= 0.6 is 11.3 Å². The summed E-state index contributed by atoms with van der Waals surface area (Å²) >= 11 is 1.77. The van der Waals surface area contributed by atoms with Crippen molar-refractivity contribution >= 4 is 11.3 Å². The smallest absolute Gasteiger partial charge is 0.231 e. The maximum absolute atomic E-state index is 5.35. The predicted molar refractivity (Wildman–Crippen MR) is 87.1 cm³/mol. The van der Waals surface area contributed by atoms with Crippen LogP contribution in [-0.2, 0) is 12.0 Å². The summed E-state index contributed by atoms with van der Waals surface area (Å²) in [6, 6.07) is 0. The SMILES string of the molecule is Cc1noc(C2CCCN(Cc3csc(C(C)(C)C)n3)C2)n1. The Morgan fingerprint density at radius 2 is 2.18 bits per heavy atom. The monoisotopic (exact) mass is 320 g/mol. The van der Waals surface area contributed by atoms with E-state index in [1.54, 1.807) is 11.3 Å². The Hall–Kier alpha value is -1.27. The van der Waals surface area contributed by atoms with E-state index in [2.05, 4.69) is 41.2 Å². The van der Waals surface area contributed by atoms with E-state index >= 15 is 0 Å². The molecule has 1 aliphatic rings. The number of likely N-dealkylation sites (tertiary alicyclic amines) is 1. The van der Waals surface area contributed by atoms with Crippen LogP contribution in [0.25, 0.3) is 0 Å². The summed E-state index contributed by atoms with van der Waals surface area (Å²) in [5.74, 6) is 1.87. The first-order chi connectivity index (χ1) is 10.4. The molecule has 0 radical (unpaired) electrons. The van der Waals surface area contributed by atoms with Crippen LogP contribution in [0.5, 0.6) is 0 Å². The molecule has 120 valence electrons. The summed E-state index contributed by atoms with van der Waals surface area (Å²) in [4.78, 5) is 11.7. The van der Waals surface area contributed by atoms with Gasteiger partial charge in [0.1, 0.15) is 0 Å². The molecule has 1 atom stereocenters. The minimum Gasteiger partial charge on any atom is -0.339 e. The highest BCUT2D eigenvalue weighted by molar-refractivity contribution is 7.09. The van der Waals surface area contributed by atoms with Crippen molar-refractivity contribution in [3.05, 3.63) is 27.8 Å². The molecular weight excluding hydrogens is 296 g/mol. The average Bonchev–Trinajstić information content (AvgIpc) is 3.08. The van der Waals surface area contributed by atoms with Gasteiger partial charge in [-0.2, -0.15) is 4.98 Å². The van der Waals surface area contributed by atoms with Gasteiger partial charge in [-0.25, -0.2) is 4.98 Å². The molecule has 3 rings (SSSR count). The zero-order chi connectivity index (χ0) is 15.7. The molecule has 6 heteroatoms. The Morgan fingerprint density at radius 1 is 1.36 bits per heavy atom. The second-order valence-electron chi connectivity index (χ2n) is 7.15. The Labute approximate surface area is 135 Å². The van der Waals surface area contributed by atoms with Crippen molar-refractivity contribution in [2.75, 3.05) is 13.1 Å². The molecule has 0 spiro atoms. The lowest BCUT2D eigenvalue weighted by Crippen LogP contribution is -2.34. The third kappa shape index (κ3) is 3.55. The van der Waals surface area contributed by atoms with Crippen LogP contribution in [-0.4, -0.2) is 33.1 Å². The number of rotatable bonds is 3. The van der Waals surface area contributed by atoms with Gasteiger partial charge in [-0.05, 0) is 26.3 Å². The van der Waals surface area contributed by atoms with E-state index in [0.717, 1.165) is 37.8 Å². The van der Waals surface area contributed by atoms with Crippen LogP contribution in [0.4, 0.5) is 0 Å². The van der Waals surface area contributed by atoms with Gasteiger partial charge >= 0.3 is 0 Å². The first-order valence-electron chi connectivity index (χ1n) is 7.89. The molecule has 3 heterocycles. The van der Waals surface area contributed by atoms with Crippen molar-refractivity contribution in [1.82, 2.24) is 20.0 Å². The topological polar surface area (TPSA) is 55.1 Å². The van der Waals surface area contributed by atoms with Gasteiger partial charge in [-0.1, -0.05) is 25.9 Å². The molecule has 0 aromatic carbocycles. The van der Waals surface area contributed by atoms with E-state index in [9.17, 15) is 0 Å². The lowest BCUT2D eigenvalue weighted by molar-refractivity contribution is 0.178. The zero-order valence-electron chi connectivity index (χ0n) is 13.8. The molecule has 0 saturated carbocycles. The molecule has 1 saturated heterocycles. The number of hydrogen-bond acceptors (Lipinski definition) is 6. The molecule has 2 aromatic heterocycles. The van der Waals surface area contributed by atoms with Crippen LogP contribution in [0, 0.1) is 6.92 Å². The summed E-state index contributed by atoms with van der Waals surface area (Å²) in [7, 11) is 0. The van der Waals surface area contributed by atoms with Crippen LogP contribution in [0.15, 0.2) is 9.90 Å². The highest BCUT2D eigenvalue weighted by atomic mass is 32.1. The number of nitrogens with zero attached hydrogens (tertiary/aromatic N) is 4. The van der Waals surface area contributed by atoms with Gasteiger partial charge in [-0.3, -0.25) is 4.90 Å². The van der Waals surface area contributed by atoms with E-state index in [4.69, 9.17) is 9.51 Å². The average molecular weight is 320 g/mol. The molecule has 1 aliphatic heterocycles. The van der Waals surface area contributed by atoms with Crippen molar-refractivity contribution in [3.63, 3.8) is 0 Å². The van der Waals surface area contributed by atoms with Gasteiger partial charge in [0, 0.05) is 23.9 Å². The Balaban J connectivity index is 1.64. The number of aryl methyl sites for hydroxylation is 1. The Morgan fingerprint density at radius 3 is 2.82 bits per heavy atom. The minimum absolute atomic E-state index is 0.134. The third-order valence-electron chi connectivity index (χ3n) is 3.98. The maximum Gasteiger partial charge on any atom is 0.231 e. The fraction of sp³-hybridized carbons (Fsp3) is 0.688. The van der Waals surface area contributed by atoms with Gasteiger partial charge in [0.15, 0.2) is 5.82 Å². The summed E-state index contributed by atoms with van der Waals surface area (Å²) in [6.45, 7) is 11.5. The van der Waals surface area contributed by atoms with Crippen LogP contribution in [0.2, 0.25) is 0 Å². The molecule has 1 fully saturated rings. The van der Waals surface area contributed by atoms with Gasteiger partial charge in [0.05, 0.1) is 16.6 Å². The third-order valence-corrected chi connectivity index (χ3v) is 5.29. The molecule has 0 amide bonds. The fourth-order valence-electron chi connectivity index (χ4n) is 2.83. The number of hydrogen-bond donors (Lipinski definition) is 0. The highest BCUT2D eigenvalue weighted by Crippen LogP contribution is 2.29. The van der Waals surface area contributed by atoms with E-state index < -0.39 is 0 Å². The van der Waals surface area contributed by atoms with E-state index in [1.165, 1.54) is 17.1 Å². The van der Waals surface area contributed by atoms with Crippen LogP contribution in [0.1, 0.15) is 61.9 Å². The lowest BCUT2D eigenvalue weighted by Gasteiger charge is -2.30. The van der Waals surface area contributed by atoms with Gasteiger partial charge in [-0.15, -0.1) is 11.3 Å². The molecule has 2 aromatic rings. The minimum atomic E-state index is 0.134. The van der Waals surface area contributed by atoms with E-state index in [-0.39, 0.29) is 5.41 Å². The highest BCUT2D eigenvalue weighted by Gasteiger charge is 2.26. The van der Waals surface area contributed by atoms with Crippen molar-refractivity contribution in [2.24, 2.45) is 0 Å². The van der Waals surface area contributed by atoms with Crippen LogP contribution in [0.3, 0.4) is 0 Å². The molecule has 1 unspecified atom stereocenters. The maximum atomic E-state index is 5.35. The molecule has 22 heavy (non-hydrogen) atoms. The number of aromatic nitrogens is 3. The standard InChI is InChI=1S/C16H24N4OS/c1-11-17-14(21-19-11)12-6-5-7-20(8-12)9-13-10-22-15(18-13)16(2,3)4/h10,12H,5-9H2,1-4H3. The fourth-order valence-corrected chi connectivity index (χ4v) is 3.73. The zero-order valence-corrected chi connectivity index (χ0v) is 14.6.